The average Bonchev–Trinajstić information content (AvgIpc) is 2.90. The summed E-state index contributed by atoms with van der Waals surface area (Å²) in [7, 11) is 1.69. The van der Waals surface area contributed by atoms with Crippen LogP contribution in [0.1, 0.15) is 36.9 Å². The molecule has 0 amide bonds. The molecule has 2 aromatic rings. The van der Waals surface area contributed by atoms with Crippen LogP contribution in [0.4, 0.5) is 5.82 Å². The number of pyridine rings is 1. The van der Waals surface area contributed by atoms with E-state index in [0.717, 1.165) is 49.7 Å². The summed E-state index contributed by atoms with van der Waals surface area (Å²) in [6.45, 7) is 2.04. The number of anilines is 1. The highest BCUT2D eigenvalue weighted by Crippen LogP contribution is 2.51. The first-order valence-corrected chi connectivity index (χ1v) is 7.65. The third kappa shape index (κ3) is 1.83. The first kappa shape index (κ1) is 12.7. The predicted molar refractivity (Wildman–Crippen MR) is 80.8 cm³/mol. The number of aromatic nitrogens is 3. The second kappa shape index (κ2) is 4.76. The van der Waals surface area contributed by atoms with E-state index in [2.05, 4.69) is 27.1 Å². The lowest BCUT2D eigenvalue weighted by Gasteiger charge is -2.41. The van der Waals surface area contributed by atoms with Crippen LogP contribution >= 0.6 is 0 Å². The van der Waals surface area contributed by atoms with Crippen molar-refractivity contribution in [2.24, 2.45) is 0 Å². The van der Waals surface area contributed by atoms with Gasteiger partial charge in [0.25, 0.3) is 0 Å². The van der Waals surface area contributed by atoms with Crippen LogP contribution in [0.15, 0.2) is 24.4 Å². The maximum atomic E-state index is 5.49. The minimum absolute atomic E-state index is 0.0222. The molecule has 5 nitrogen and oxygen atoms in total. The monoisotopic (exact) mass is 284 g/mol. The minimum Gasteiger partial charge on any atom is -0.481 e. The van der Waals surface area contributed by atoms with Gasteiger partial charge in [0.1, 0.15) is 5.82 Å². The Kier molecular flexibility index (Phi) is 2.87. The van der Waals surface area contributed by atoms with E-state index in [0.29, 0.717) is 0 Å². The topological polar surface area (TPSA) is 52.0 Å². The van der Waals surface area contributed by atoms with E-state index in [1.165, 1.54) is 12.0 Å². The molecule has 0 saturated heterocycles. The Morgan fingerprint density at radius 3 is 2.95 bits per heavy atom. The van der Waals surface area contributed by atoms with Gasteiger partial charge in [-0.1, -0.05) is 12.5 Å². The Bertz CT molecular complexity index is 637. The number of hydrogen-bond acceptors (Lipinski definition) is 4. The molecule has 1 fully saturated rings. The molecule has 2 aliphatic rings. The molecule has 21 heavy (non-hydrogen) atoms. The van der Waals surface area contributed by atoms with Gasteiger partial charge in [0, 0.05) is 36.3 Å². The number of nitrogens with zero attached hydrogens (tertiary/aromatic N) is 3. The highest BCUT2D eigenvalue weighted by atomic mass is 16.5. The van der Waals surface area contributed by atoms with Gasteiger partial charge in [-0.15, -0.1) is 0 Å². The van der Waals surface area contributed by atoms with Crippen molar-refractivity contribution in [2.75, 3.05) is 19.0 Å². The summed E-state index contributed by atoms with van der Waals surface area (Å²) >= 11 is 0. The molecule has 4 rings (SSSR count). The van der Waals surface area contributed by atoms with E-state index in [1.54, 1.807) is 13.3 Å². The Labute approximate surface area is 124 Å². The fourth-order valence-corrected chi connectivity index (χ4v) is 3.52. The van der Waals surface area contributed by atoms with E-state index in [4.69, 9.17) is 9.84 Å². The third-order valence-corrected chi connectivity index (χ3v) is 4.81. The number of fused-ring (bicyclic) bond motifs is 1. The Morgan fingerprint density at radius 2 is 2.24 bits per heavy atom. The van der Waals surface area contributed by atoms with Crippen molar-refractivity contribution < 1.29 is 4.74 Å². The zero-order chi connectivity index (χ0) is 14.3. The lowest BCUT2D eigenvalue weighted by molar-refractivity contribution is 0.274. The van der Waals surface area contributed by atoms with Gasteiger partial charge in [0.2, 0.25) is 5.88 Å². The van der Waals surface area contributed by atoms with Gasteiger partial charge >= 0.3 is 0 Å². The van der Waals surface area contributed by atoms with Crippen molar-refractivity contribution in [3.63, 3.8) is 0 Å². The van der Waals surface area contributed by atoms with Crippen LogP contribution in [0.5, 0.6) is 5.88 Å². The van der Waals surface area contributed by atoms with Crippen molar-refractivity contribution >= 4 is 5.82 Å². The van der Waals surface area contributed by atoms with Crippen molar-refractivity contribution in [3.8, 4) is 5.88 Å². The summed E-state index contributed by atoms with van der Waals surface area (Å²) in [5.41, 5.74) is 2.31. The molecule has 0 unspecified atom stereocenters. The normalized spacial score (nSPS) is 19.3. The van der Waals surface area contributed by atoms with Crippen LogP contribution in [0.25, 0.3) is 0 Å². The zero-order valence-corrected chi connectivity index (χ0v) is 12.3. The summed E-state index contributed by atoms with van der Waals surface area (Å²) in [6, 6.07) is 6.34. The maximum absolute atomic E-state index is 5.49. The number of hydrogen-bond donors (Lipinski definition) is 1. The number of methoxy groups -OCH3 is 1. The van der Waals surface area contributed by atoms with E-state index in [9.17, 15) is 0 Å². The number of aryl methyl sites for hydroxylation is 1. The largest absolute Gasteiger partial charge is 0.481 e. The van der Waals surface area contributed by atoms with Crippen LogP contribution in [-0.4, -0.2) is 28.4 Å². The summed E-state index contributed by atoms with van der Waals surface area (Å²) in [6.07, 6.45) is 6.39. The molecule has 110 valence electrons. The van der Waals surface area contributed by atoms with Gasteiger partial charge in [0.15, 0.2) is 0 Å². The SMILES string of the molecule is COc1ncccc1C1(c2cc3n(n2)CCCN3)CCC1. The fourth-order valence-electron chi connectivity index (χ4n) is 3.52. The van der Waals surface area contributed by atoms with E-state index in [1.807, 2.05) is 6.07 Å². The lowest BCUT2D eigenvalue weighted by atomic mass is 9.62. The molecular weight excluding hydrogens is 264 g/mol. The van der Waals surface area contributed by atoms with Crippen LogP contribution in [0.2, 0.25) is 0 Å². The molecule has 0 bridgehead atoms. The fraction of sp³-hybridized carbons (Fsp3) is 0.500. The highest BCUT2D eigenvalue weighted by molar-refractivity contribution is 5.48. The highest BCUT2D eigenvalue weighted by Gasteiger charge is 2.45. The molecular formula is C16H20N4O. The Morgan fingerprint density at radius 1 is 1.33 bits per heavy atom. The molecule has 1 aliphatic carbocycles. The van der Waals surface area contributed by atoms with Gasteiger partial charge in [-0.05, 0) is 25.3 Å². The Balaban J connectivity index is 1.81. The van der Waals surface area contributed by atoms with Gasteiger partial charge in [0.05, 0.1) is 12.8 Å². The summed E-state index contributed by atoms with van der Waals surface area (Å²) in [4.78, 5) is 4.38. The molecule has 5 heteroatoms. The first-order valence-electron chi connectivity index (χ1n) is 7.65. The number of rotatable bonds is 3. The summed E-state index contributed by atoms with van der Waals surface area (Å²) < 4.78 is 7.59. The minimum atomic E-state index is -0.0222. The number of nitrogens with one attached hydrogen (secondary N) is 1. The van der Waals surface area contributed by atoms with Crippen molar-refractivity contribution in [2.45, 2.75) is 37.6 Å². The summed E-state index contributed by atoms with van der Waals surface area (Å²) in [5, 5.41) is 8.30. The predicted octanol–water partition coefficient (Wildman–Crippen LogP) is 2.57. The standard InChI is InChI=1S/C16H20N4O/c1-21-15-12(5-2-8-18-15)16(6-3-7-16)13-11-14-17-9-4-10-20(14)19-13/h2,5,8,11,17H,3-4,6-7,9-10H2,1H3. The van der Waals surface area contributed by atoms with E-state index in [-0.39, 0.29) is 5.41 Å². The molecule has 1 N–H and O–H groups in total. The van der Waals surface area contributed by atoms with Crippen molar-refractivity contribution in [1.29, 1.82) is 0 Å². The molecule has 2 aromatic heterocycles. The van der Waals surface area contributed by atoms with Gasteiger partial charge in [-0.25, -0.2) is 9.67 Å². The molecule has 0 spiro atoms. The molecule has 0 atom stereocenters. The lowest BCUT2D eigenvalue weighted by Crippen LogP contribution is -2.36. The quantitative estimate of drug-likeness (QED) is 0.941. The second-order valence-corrected chi connectivity index (χ2v) is 5.91. The third-order valence-electron chi connectivity index (χ3n) is 4.81. The van der Waals surface area contributed by atoms with Crippen LogP contribution in [0, 0.1) is 0 Å². The van der Waals surface area contributed by atoms with E-state index >= 15 is 0 Å². The summed E-state index contributed by atoms with van der Waals surface area (Å²) in [5.74, 6) is 1.88. The van der Waals surface area contributed by atoms with E-state index < -0.39 is 0 Å². The molecule has 3 heterocycles. The first-order chi connectivity index (χ1) is 10.3. The maximum Gasteiger partial charge on any atom is 0.217 e. The molecule has 1 aliphatic heterocycles. The Hall–Kier alpha value is -2.04. The van der Waals surface area contributed by atoms with Gasteiger partial charge in [-0.3, -0.25) is 0 Å². The molecule has 0 aromatic carbocycles. The smallest absolute Gasteiger partial charge is 0.217 e. The number of ether oxygens (including phenoxy) is 1. The van der Waals surface area contributed by atoms with Crippen molar-refractivity contribution in [3.05, 3.63) is 35.7 Å². The van der Waals surface area contributed by atoms with Gasteiger partial charge in [-0.2, -0.15) is 5.10 Å². The second-order valence-electron chi connectivity index (χ2n) is 5.91. The average molecular weight is 284 g/mol. The van der Waals surface area contributed by atoms with Crippen LogP contribution in [-0.2, 0) is 12.0 Å². The zero-order valence-electron chi connectivity index (χ0n) is 12.3. The van der Waals surface area contributed by atoms with Crippen molar-refractivity contribution in [1.82, 2.24) is 14.8 Å². The van der Waals surface area contributed by atoms with Crippen LogP contribution in [0.3, 0.4) is 0 Å². The molecule has 0 radical (unpaired) electrons. The van der Waals surface area contributed by atoms with Crippen LogP contribution < -0.4 is 10.1 Å². The van der Waals surface area contributed by atoms with Gasteiger partial charge < -0.3 is 10.1 Å². The molecule has 1 saturated carbocycles.